The second-order valence-electron chi connectivity index (χ2n) is 7.26. The third-order valence-electron chi connectivity index (χ3n) is 4.72. The smallest absolute Gasteiger partial charge is 0.194 e. The first-order chi connectivity index (χ1) is 16.2. The summed E-state index contributed by atoms with van der Waals surface area (Å²) in [6, 6.07) is 0.241. The first-order valence-electron chi connectivity index (χ1n) is 8.48. The molecule has 0 unspecified atom stereocenters. The minimum Gasteiger partial charge on any atom is -0.194 e. The van der Waals surface area contributed by atoms with Crippen molar-refractivity contribution in [3.05, 3.63) is 31.7 Å². The second-order valence-corrected chi connectivity index (χ2v) is 8.90. The van der Waals surface area contributed by atoms with Gasteiger partial charge in [0.15, 0.2) is 0 Å². The average molecular weight is 736 g/mol. The molecular formula is C16H4Br2F20. The van der Waals surface area contributed by atoms with Gasteiger partial charge in [-0.3, -0.25) is 0 Å². The van der Waals surface area contributed by atoms with Gasteiger partial charge in [0.05, 0.1) is 11.1 Å². The third-order valence-corrected chi connectivity index (χ3v) is 6.36. The zero-order valence-electron chi connectivity index (χ0n) is 16.9. The van der Waals surface area contributed by atoms with Crippen molar-refractivity contribution in [1.29, 1.82) is 0 Å². The van der Waals surface area contributed by atoms with Crippen LogP contribution in [0.5, 0.6) is 0 Å². The summed E-state index contributed by atoms with van der Waals surface area (Å²) in [5.41, 5.74) is -7.29. The molecule has 0 spiro atoms. The summed E-state index contributed by atoms with van der Waals surface area (Å²) in [7, 11) is 0. The summed E-state index contributed by atoms with van der Waals surface area (Å²) in [6.45, 7) is 0.535. The molecule has 0 bridgehead atoms. The van der Waals surface area contributed by atoms with Crippen LogP contribution in [0.4, 0.5) is 87.8 Å². The monoisotopic (exact) mass is 734 g/mol. The van der Waals surface area contributed by atoms with E-state index in [9.17, 15) is 87.8 Å². The number of hydrogen-bond donors (Lipinski definition) is 0. The van der Waals surface area contributed by atoms with Gasteiger partial charge in [0.2, 0.25) is 0 Å². The van der Waals surface area contributed by atoms with Gasteiger partial charge in [-0.05, 0) is 34.5 Å². The quantitative estimate of drug-likeness (QED) is 0.245. The largest absolute Gasteiger partial charge is 0.460 e. The van der Waals surface area contributed by atoms with Crippen molar-refractivity contribution in [3.8, 4) is 0 Å². The van der Waals surface area contributed by atoms with Crippen LogP contribution in [0.25, 0.3) is 0 Å². The number of aryl methyl sites for hydroxylation is 1. The first kappa shape index (κ1) is 34.8. The van der Waals surface area contributed by atoms with E-state index in [4.69, 9.17) is 0 Å². The lowest BCUT2D eigenvalue weighted by Crippen LogP contribution is -2.74. The Hall–Kier alpha value is -1.22. The number of alkyl halides is 20. The predicted octanol–water partition coefficient (Wildman–Crippen LogP) is 10.0. The van der Waals surface area contributed by atoms with Crippen molar-refractivity contribution >= 4 is 31.9 Å². The molecule has 0 aliphatic heterocycles. The highest BCUT2D eigenvalue weighted by atomic mass is 79.9. The molecule has 1 aromatic rings. The molecule has 0 nitrogen and oxygen atoms in total. The Labute approximate surface area is 212 Å². The number of rotatable bonds is 7. The van der Waals surface area contributed by atoms with Crippen LogP contribution in [0.3, 0.4) is 0 Å². The standard InChI is InChI=1S/C16H4Br2F20/c1-3-2-4(17)5(9(21,22)23)6(7(3)18)8(19,20)10(24,25)11(26,27)12(28,29)13(30,31)14(32,33)15(34,35)16(36,37)38/h2H,1H3. The molecule has 0 heterocycles. The molecule has 222 valence electrons. The molecule has 38 heavy (non-hydrogen) atoms. The summed E-state index contributed by atoms with van der Waals surface area (Å²) in [6.07, 6.45) is -14.1. The summed E-state index contributed by atoms with van der Waals surface area (Å²) >= 11 is 3.82. The summed E-state index contributed by atoms with van der Waals surface area (Å²) in [5.74, 6) is -59.3. The van der Waals surface area contributed by atoms with Crippen LogP contribution in [-0.4, -0.2) is 41.7 Å². The molecule has 1 rings (SSSR count). The van der Waals surface area contributed by atoms with E-state index >= 15 is 0 Å². The maximum atomic E-state index is 14.6. The molecule has 0 N–H and O–H groups in total. The summed E-state index contributed by atoms with van der Waals surface area (Å²) in [5, 5.41) is 0. The molecule has 0 aliphatic carbocycles. The van der Waals surface area contributed by atoms with Gasteiger partial charge < -0.3 is 0 Å². The van der Waals surface area contributed by atoms with Gasteiger partial charge >= 0.3 is 53.8 Å². The average Bonchev–Trinajstić information content (AvgIpc) is 2.67. The zero-order valence-corrected chi connectivity index (χ0v) is 20.1. The Morgan fingerprint density at radius 1 is 0.474 bits per heavy atom. The molecular weight excluding hydrogens is 732 g/mol. The Bertz CT molecular complexity index is 1060. The van der Waals surface area contributed by atoms with E-state index in [-0.39, 0.29) is 6.07 Å². The van der Waals surface area contributed by atoms with Crippen molar-refractivity contribution in [2.75, 3.05) is 0 Å². The number of halogens is 22. The minimum atomic E-state index is -8.91. The molecule has 0 aliphatic rings. The van der Waals surface area contributed by atoms with Crippen molar-refractivity contribution in [2.45, 2.75) is 60.7 Å². The molecule has 0 amide bonds. The fourth-order valence-corrected chi connectivity index (χ4v) is 3.97. The number of benzene rings is 1. The van der Waals surface area contributed by atoms with E-state index in [0.29, 0.717) is 6.92 Å². The van der Waals surface area contributed by atoms with Gasteiger partial charge in [-0.2, -0.15) is 87.8 Å². The SMILES string of the molecule is Cc1cc(Br)c(C(F)(F)F)c(C(F)(F)C(F)(F)C(F)(F)C(F)(F)C(F)(F)C(F)(F)C(F)(F)C(F)(F)F)c1Br. The lowest BCUT2D eigenvalue weighted by atomic mass is 9.85. The van der Waals surface area contributed by atoms with Crippen LogP contribution >= 0.6 is 31.9 Å². The van der Waals surface area contributed by atoms with Crippen molar-refractivity contribution in [2.24, 2.45) is 0 Å². The van der Waals surface area contributed by atoms with E-state index in [1.807, 2.05) is 31.9 Å². The highest BCUT2D eigenvalue weighted by Gasteiger charge is 2.95. The van der Waals surface area contributed by atoms with Crippen LogP contribution in [0.15, 0.2) is 15.0 Å². The van der Waals surface area contributed by atoms with E-state index in [1.54, 1.807) is 0 Å². The van der Waals surface area contributed by atoms with Crippen LogP contribution in [0.1, 0.15) is 16.7 Å². The molecule has 0 radical (unpaired) electrons. The normalized spacial score (nSPS) is 15.8. The number of hydrogen-bond acceptors (Lipinski definition) is 0. The zero-order chi connectivity index (χ0) is 31.1. The lowest BCUT2D eigenvalue weighted by molar-refractivity contribution is -0.462. The molecule has 0 saturated carbocycles. The van der Waals surface area contributed by atoms with Gasteiger partial charge in [0, 0.05) is 8.95 Å². The van der Waals surface area contributed by atoms with Crippen LogP contribution in [0.2, 0.25) is 0 Å². The fraction of sp³-hybridized carbons (Fsp3) is 0.625. The maximum Gasteiger partial charge on any atom is 0.460 e. The molecule has 0 aromatic heterocycles. The Balaban J connectivity index is 4.06. The van der Waals surface area contributed by atoms with Gasteiger partial charge in [0.1, 0.15) is 0 Å². The van der Waals surface area contributed by atoms with Crippen molar-refractivity contribution in [1.82, 2.24) is 0 Å². The van der Waals surface area contributed by atoms with E-state index in [1.165, 1.54) is 0 Å². The highest BCUT2D eigenvalue weighted by molar-refractivity contribution is 9.11. The molecule has 0 atom stereocenters. The van der Waals surface area contributed by atoms with E-state index in [2.05, 4.69) is 0 Å². The van der Waals surface area contributed by atoms with E-state index in [0.717, 1.165) is 0 Å². The Morgan fingerprint density at radius 2 is 0.789 bits per heavy atom. The van der Waals surface area contributed by atoms with Gasteiger partial charge in [0.25, 0.3) is 0 Å². The minimum absolute atomic E-state index is 0.241. The van der Waals surface area contributed by atoms with Crippen LogP contribution < -0.4 is 0 Å². The molecule has 22 heteroatoms. The van der Waals surface area contributed by atoms with Gasteiger partial charge in [-0.1, -0.05) is 15.9 Å². The fourth-order valence-electron chi connectivity index (χ4n) is 2.64. The molecule has 1 aromatic carbocycles. The Kier molecular flexibility index (Phi) is 8.38. The molecule has 0 fully saturated rings. The van der Waals surface area contributed by atoms with Crippen molar-refractivity contribution < 1.29 is 87.8 Å². The topological polar surface area (TPSA) is 0 Å². The molecule has 0 saturated heterocycles. The summed E-state index contributed by atoms with van der Waals surface area (Å²) < 4.78 is 265. The first-order valence-corrected chi connectivity index (χ1v) is 10.1. The summed E-state index contributed by atoms with van der Waals surface area (Å²) in [4.78, 5) is 0. The van der Waals surface area contributed by atoms with Crippen LogP contribution in [-0.2, 0) is 12.1 Å². The lowest BCUT2D eigenvalue weighted by Gasteiger charge is -2.43. The third kappa shape index (κ3) is 4.51. The predicted molar refractivity (Wildman–Crippen MR) is 91.2 cm³/mol. The van der Waals surface area contributed by atoms with E-state index < -0.39 is 79.4 Å². The van der Waals surface area contributed by atoms with Gasteiger partial charge in [-0.25, -0.2) is 0 Å². The maximum absolute atomic E-state index is 14.6. The van der Waals surface area contributed by atoms with Gasteiger partial charge in [-0.15, -0.1) is 0 Å². The highest BCUT2D eigenvalue weighted by Crippen LogP contribution is 2.66. The second kappa shape index (κ2) is 9.15. The van der Waals surface area contributed by atoms with Crippen molar-refractivity contribution in [3.63, 3.8) is 0 Å². The van der Waals surface area contributed by atoms with Crippen LogP contribution in [0, 0.1) is 6.92 Å². The Morgan fingerprint density at radius 3 is 1.11 bits per heavy atom.